The lowest BCUT2D eigenvalue weighted by Crippen LogP contribution is -2.04. The second kappa shape index (κ2) is 8.48. The Morgan fingerprint density at radius 3 is 2.58 bits per heavy atom. The topological polar surface area (TPSA) is 39.9 Å². The van der Waals surface area contributed by atoms with Crippen molar-refractivity contribution in [3.05, 3.63) is 68.7 Å². The lowest BCUT2D eigenvalue weighted by Gasteiger charge is -2.07. The predicted molar refractivity (Wildman–Crippen MR) is 103 cm³/mol. The summed E-state index contributed by atoms with van der Waals surface area (Å²) in [5.74, 6) is 1.29. The summed E-state index contributed by atoms with van der Waals surface area (Å²) in [6.45, 7) is 0.193. The molecule has 0 fully saturated rings. The van der Waals surface area contributed by atoms with E-state index in [0.717, 1.165) is 10.7 Å². The molecule has 0 saturated heterocycles. The molecule has 136 valence electrons. The van der Waals surface area contributed by atoms with Gasteiger partial charge in [0.2, 0.25) is 0 Å². The Morgan fingerprint density at radius 1 is 1.04 bits per heavy atom. The first-order valence-corrected chi connectivity index (χ1v) is 9.59. The van der Waals surface area contributed by atoms with Gasteiger partial charge in [0.1, 0.15) is 18.2 Å². The third-order valence-corrected chi connectivity index (χ3v) is 5.66. The third-order valence-electron chi connectivity index (χ3n) is 3.54. The van der Waals surface area contributed by atoms with E-state index in [1.807, 2.05) is 23.7 Å². The summed E-state index contributed by atoms with van der Waals surface area (Å²) in [6, 6.07) is 9.70. The zero-order chi connectivity index (χ0) is 18.7. The number of ether oxygens (including phenoxy) is 1. The summed E-state index contributed by atoms with van der Waals surface area (Å²) in [6.07, 6.45) is 0. The average Bonchev–Trinajstić information content (AvgIpc) is 2.97. The maximum absolute atomic E-state index is 13.2. The minimum atomic E-state index is -0.487. The Kier molecular flexibility index (Phi) is 6.29. The maximum atomic E-state index is 13.2. The van der Waals surface area contributed by atoms with Crippen LogP contribution in [0.2, 0.25) is 15.1 Å². The summed E-state index contributed by atoms with van der Waals surface area (Å²) >= 11 is 19.2. The number of hydrogen-bond acceptors (Lipinski definition) is 4. The van der Waals surface area contributed by atoms with Gasteiger partial charge in [-0.25, -0.2) is 4.39 Å². The van der Waals surface area contributed by atoms with Gasteiger partial charge in [-0.15, -0.1) is 10.2 Å². The van der Waals surface area contributed by atoms with E-state index in [-0.39, 0.29) is 11.6 Å². The van der Waals surface area contributed by atoms with E-state index in [9.17, 15) is 4.39 Å². The average molecular weight is 433 g/mol. The number of aromatic nitrogens is 3. The van der Waals surface area contributed by atoms with Crippen LogP contribution in [0.5, 0.6) is 5.75 Å². The number of halogens is 4. The zero-order valence-corrected chi connectivity index (χ0v) is 16.6. The molecule has 0 spiro atoms. The van der Waals surface area contributed by atoms with Crippen LogP contribution >= 0.6 is 46.6 Å². The molecule has 0 saturated carbocycles. The van der Waals surface area contributed by atoms with Crippen molar-refractivity contribution in [2.75, 3.05) is 0 Å². The zero-order valence-electron chi connectivity index (χ0n) is 13.5. The highest BCUT2D eigenvalue weighted by Gasteiger charge is 2.11. The van der Waals surface area contributed by atoms with Gasteiger partial charge in [0.05, 0.1) is 15.1 Å². The Balaban J connectivity index is 1.61. The molecule has 0 atom stereocenters. The molecule has 0 radical (unpaired) electrons. The van der Waals surface area contributed by atoms with Crippen LogP contribution in [0.25, 0.3) is 0 Å². The molecule has 3 aromatic rings. The molecular formula is C17H13Cl3FN3OS. The van der Waals surface area contributed by atoms with Crippen molar-refractivity contribution >= 4 is 46.6 Å². The summed E-state index contributed by atoms with van der Waals surface area (Å²) in [7, 11) is 1.85. The summed E-state index contributed by atoms with van der Waals surface area (Å²) in [5.41, 5.74) is 1.03. The van der Waals surface area contributed by atoms with Crippen LogP contribution in [0.15, 0.2) is 41.6 Å². The second-order valence-corrected chi connectivity index (χ2v) is 7.52. The molecule has 9 heteroatoms. The first kappa shape index (κ1) is 19.3. The normalized spacial score (nSPS) is 11.0. The summed E-state index contributed by atoms with van der Waals surface area (Å²) in [4.78, 5) is 0. The quantitative estimate of drug-likeness (QED) is 0.463. The van der Waals surface area contributed by atoms with Crippen LogP contribution in [0, 0.1) is 5.82 Å². The molecule has 1 aromatic heterocycles. The Bertz CT molecular complexity index is 863. The van der Waals surface area contributed by atoms with Crippen LogP contribution in [0.3, 0.4) is 0 Å². The highest BCUT2D eigenvalue weighted by atomic mass is 35.5. The van der Waals surface area contributed by atoms with Crippen molar-refractivity contribution in [1.29, 1.82) is 0 Å². The fraction of sp³-hybridized carbons (Fsp3) is 0.176. The number of nitrogens with zero attached hydrogens (tertiary/aromatic N) is 3. The smallest absolute Gasteiger partial charge is 0.191 e. The Morgan fingerprint density at radius 2 is 1.85 bits per heavy atom. The standard InChI is InChI=1S/C17H13Cl3FN3OS/c1-24-16(8-25-11-3-5-15(21)14(20)7-11)22-23-17(24)26-9-10-2-4-12(18)13(19)6-10/h2-7H,8-9H2,1H3. The fourth-order valence-corrected chi connectivity index (χ4v) is 3.45. The van der Waals surface area contributed by atoms with Gasteiger partial charge in [-0.05, 0) is 29.8 Å². The van der Waals surface area contributed by atoms with Gasteiger partial charge in [-0.2, -0.15) is 0 Å². The van der Waals surface area contributed by atoms with Crippen molar-refractivity contribution < 1.29 is 9.13 Å². The van der Waals surface area contributed by atoms with Crippen LogP contribution < -0.4 is 4.74 Å². The monoisotopic (exact) mass is 431 g/mol. The molecule has 0 unspecified atom stereocenters. The molecule has 3 rings (SSSR count). The van der Waals surface area contributed by atoms with E-state index in [1.165, 1.54) is 30.0 Å². The first-order chi connectivity index (χ1) is 12.4. The van der Waals surface area contributed by atoms with Crippen molar-refractivity contribution in [2.45, 2.75) is 17.5 Å². The molecular weight excluding hydrogens is 420 g/mol. The van der Waals surface area contributed by atoms with Crippen molar-refractivity contribution in [3.8, 4) is 5.75 Å². The highest BCUT2D eigenvalue weighted by Crippen LogP contribution is 2.27. The molecule has 1 heterocycles. The molecule has 0 amide bonds. The number of rotatable bonds is 6. The molecule has 0 bridgehead atoms. The van der Waals surface area contributed by atoms with Gasteiger partial charge in [0, 0.05) is 18.9 Å². The van der Waals surface area contributed by atoms with Gasteiger partial charge in [0.25, 0.3) is 0 Å². The summed E-state index contributed by atoms with van der Waals surface area (Å²) in [5, 5.41) is 10.1. The van der Waals surface area contributed by atoms with E-state index in [4.69, 9.17) is 39.5 Å². The van der Waals surface area contributed by atoms with Crippen LogP contribution in [-0.4, -0.2) is 14.8 Å². The van der Waals surface area contributed by atoms with Crippen molar-refractivity contribution in [2.24, 2.45) is 7.05 Å². The largest absolute Gasteiger partial charge is 0.486 e. The van der Waals surface area contributed by atoms with E-state index in [0.29, 0.717) is 27.4 Å². The van der Waals surface area contributed by atoms with Gasteiger partial charge < -0.3 is 9.30 Å². The maximum Gasteiger partial charge on any atom is 0.191 e. The molecule has 0 aliphatic rings. The van der Waals surface area contributed by atoms with Crippen LogP contribution in [-0.2, 0) is 19.4 Å². The van der Waals surface area contributed by atoms with E-state index in [2.05, 4.69) is 10.2 Å². The summed E-state index contributed by atoms with van der Waals surface area (Å²) < 4.78 is 20.6. The number of benzene rings is 2. The first-order valence-electron chi connectivity index (χ1n) is 7.47. The van der Waals surface area contributed by atoms with Crippen LogP contribution in [0.4, 0.5) is 4.39 Å². The van der Waals surface area contributed by atoms with Gasteiger partial charge in [0.15, 0.2) is 11.0 Å². The Hall–Kier alpha value is -1.47. The Labute approximate surface area is 169 Å². The van der Waals surface area contributed by atoms with Gasteiger partial charge >= 0.3 is 0 Å². The molecule has 2 aromatic carbocycles. The highest BCUT2D eigenvalue weighted by molar-refractivity contribution is 7.98. The SMILES string of the molecule is Cn1c(COc2ccc(F)c(Cl)c2)nnc1SCc1ccc(Cl)c(Cl)c1. The van der Waals surface area contributed by atoms with Crippen LogP contribution in [0.1, 0.15) is 11.4 Å². The van der Waals surface area contributed by atoms with E-state index < -0.39 is 5.82 Å². The molecule has 26 heavy (non-hydrogen) atoms. The van der Waals surface area contributed by atoms with Gasteiger partial charge in [-0.3, -0.25) is 0 Å². The van der Waals surface area contributed by atoms with Crippen molar-refractivity contribution in [1.82, 2.24) is 14.8 Å². The second-order valence-electron chi connectivity index (χ2n) is 5.36. The number of thioether (sulfide) groups is 1. The number of hydrogen-bond donors (Lipinski definition) is 0. The minimum Gasteiger partial charge on any atom is -0.486 e. The lowest BCUT2D eigenvalue weighted by atomic mass is 10.2. The predicted octanol–water partition coefficient (Wildman–Crippen LogP) is 5.79. The van der Waals surface area contributed by atoms with Gasteiger partial charge in [-0.1, -0.05) is 52.6 Å². The molecule has 0 aliphatic heterocycles. The minimum absolute atomic E-state index is 0.0123. The third kappa shape index (κ3) is 4.62. The van der Waals surface area contributed by atoms with E-state index >= 15 is 0 Å². The lowest BCUT2D eigenvalue weighted by molar-refractivity contribution is 0.290. The molecule has 0 aliphatic carbocycles. The molecule has 4 nitrogen and oxygen atoms in total. The van der Waals surface area contributed by atoms with Crippen molar-refractivity contribution in [3.63, 3.8) is 0 Å². The fourth-order valence-electron chi connectivity index (χ4n) is 2.09. The molecule has 0 N–H and O–H groups in total. The van der Waals surface area contributed by atoms with E-state index in [1.54, 1.807) is 6.07 Å².